The van der Waals surface area contributed by atoms with Crippen LogP contribution in [0.25, 0.3) is 0 Å². The molecule has 1 aliphatic heterocycles. The molecule has 1 saturated heterocycles. The predicted molar refractivity (Wildman–Crippen MR) is 70.0 cm³/mol. The lowest BCUT2D eigenvalue weighted by molar-refractivity contribution is 0.271. The Balaban J connectivity index is 2.09. The van der Waals surface area contributed by atoms with Crippen LogP contribution in [0.4, 0.5) is 0 Å². The van der Waals surface area contributed by atoms with Crippen LogP contribution in [0, 0.1) is 5.92 Å². The summed E-state index contributed by atoms with van der Waals surface area (Å²) in [5, 5.41) is 4.02. The second-order valence-electron chi connectivity index (χ2n) is 4.77. The molecule has 1 aromatic heterocycles. The minimum Gasteiger partial charge on any atom is -0.274 e. The summed E-state index contributed by atoms with van der Waals surface area (Å²) < 4.78 is 27.7. The molecule has 0 saturated carbocycles. The van der Waals surface area contributed by atoms with Gasteiger partial charge in [0, 0.05) is 31.7 Å². The molecular weight excluding hydrogens is 274 g/mol. The highest BCUT2D eigenvalue weighted by Crippen LogP contribution is 2.27. The molecule has 18 heavy (non-hydrogen) atoms. The summed E-state index contributed by atoms with van der Waals surface area (Å²) in [7, 11) is -1.67. The number of hydrogen-bond acceptors (Lipinski definition) is 3. The van der Waals surface area contributed by atoms with Crippen LogP contribution in [0.15, 0.2) is 17.3 Å². The first-order chi connectivity index (χ1) is 8.41. The molecule has 5 nitrogen and oxygen atoms in total. The lowest BCUT2D eigenvalue weighted by atomic mass is 9.95. The van der Waals surface area contributed by atoms with Gasteiger partial charge in [-0.3, -0.25) is 4.68 Å². The zero-order chi connectivity index (χ0) is 13.3. The maximum Gasteiger partial charge on any atom is 0.246 e. The zero-order valence-corrected chi connectivity index (χ0v) is 12.2. The highest BCUT2D eigenvalue weighted by atomic mass is 35.5. The molecule has 1 aliphatic rings. The minimum absolute atomic E-state index is 0.105. The monoisotopic (exact) mass is 291 g/mol. The van der Waals surface area contributed by atoms with Crippen LogP contribution in [0.3, 0.4) is 0 Å². The van der Waals surface area contributed by atoms with Crippen molar-refractivity contribution >= 4 is 21.6 Å². The summed E-state index contributed by atoms with van der Waals surface area (Å²) >= 11 is 6.06. The number of aromatic nitrogens is 2. The third-order valence-electron chi connectivity index (χ3n) is 3.47. The van der Waals surface area contributed by atoms with Crippen molar-refractivity contribution in [3.05, 3.63) is 12.4 Å². The molecule has 2 heterocycles. The van der Waals surface area contributed by atoms with E-state index in [2.05, 4.69) is 5.10 Å². The molecule has 0 amide bonds. The van der Waals surface area contributed by atoms with E-state index in [0.29, 0.717) is 19.0 Å². The van der Waals surface area contributed by atoms with Gasteiger partial charge in [-0.15, -0.1) is 11.6 Å². The van der Waals surface area contributed by atoms with Crippen LogP contribution in [-0.4, -0.2) is 41.0 Å². The van der Waals surface area contributed by atoms with Crippen LogP contribution >= 0.6 is 11.6 Å². The van der Waals surface area contributed by atoms with Crippen molar-refractivity contribution in [2.24, 2.45) is 13.0 Å². The number of aryl methyl sites for hydroxylation is 1. The van der Waals surface area contributed by atoms with Gasteiger partial charge in [0.2, 0.25) is 10.0 Å². The molecule has 0 aliphatic carbocycles. The van der Waals surface area contributed by atoms with E-state index in [9.17, 15) is 8.42 Å². The van der Waals surface area contributed by atoms with E-state index in [0.717, 1.165) is 12.8 Å². The Bertz CT molecular complexity index is 504. The van der Waals surface area contributed by atoms with E-state index < -0.39 is 10.0 Å². The summed E-state index contributed by atoms with van der Waals surface area (Å²) in [6.07, 6.45) is 4.57. The van der Waals surface area contributed by atoms with Crippen molar-refractivity contribution in [3.8, 4) is 0 Å². The SMILES string of the molecule is CC(Cl)C1CCN(S(=O)(=O)c2cnn(C)c2)CC1. The van der Waals surface area contributed by atoms with Crippen molar-refractivity contribution in [3.63, 3.8) is 0 Å². The van der Waals surface area contributed by atoms with Crippen LogP contribution in [0.1, 0.15) is 19.8 Å². The second kappa shape index (κ2) is 5.19. The van der Waals surface area contributed by atoms with Gasteiger partial charge in [0.1, 0.15) is 4.90 Å². The quantitative estimate of drug-likeness (QED) is 0.792. The van der Waals surface area contributed by atoms with E-state index in [1.54, 1.807) is 7.05 Å². The molecule has 1 atom stereocenters. The minimum atomic E-state index is -3.38. The van der Waals surface area contributed by atoms with Crippen molar-refractivity contribution in [2.75, 3.05) is 13.1 Å². The number of hydrogen-bond donors (Lipinski definition) is 0. The summed E-state index contributed by atoms with van der Waals surface area (Å²) in [6, 6.07) is 0. The van der Waals surface area contributed by atoms with Gasteiger partial charge in [-0.25, -0.2) is 8.42 Å². The Morgan fingerprint density at radius 3 is 2.50 bits per heavy atom. The van der Waals surface area contributed by atoms with Gasteiger partial charge in [0.05, 0.1) is 6.20 Å². The van der Waals surface area contributed by atoms with Crippen LogP contribution in [-0.2, 0) is 17.1 Å². The van der Waals surface area contributed by atoms with Crippen molar-refractivity contribution in [1.82, 2.24) is 14.1 Å². The molecule has 0 aromatic carbocycles. The molecule has 0 bridgehead atoms. The fourth-order valence-corrected chi connectivity index (χ4v) is 3.96. The normalized spacial score (nSPS) is 21.1. The summed E-state index contributed by atoms with van der Waals surface area (Å²) in [5.74, 6) is 0.409. The highest BCUT2D eigenvalue weighted by molar-refractivity contribution is 7.89. The Morgan fingerprint density at radius 1 is 1.44 bits per heavy atom. The van der Waals surface area contributed by atoms with Gasteiger partial charge in [-0.1, -0.05) is 0 Å². The highest BCUT2D eigenvalue weighted by Gasteiger charge is 2.31. The molecular formula is C11H18ClN3O2S. The van der Waals surface area contributed by atoms with Crippen LogP contribution in [0.2, 0.25) is 0 Å². The van der Waals surface area contributed by atoms with Crippen LogP contribution < -0.4 is 0 Å². The number of halogens is 1. The van der Waals surface area contributed by atoms with Gasteiger partial charge >= 0.3 is 0 Å². The van der Waals surface area contributed by atoms with Crippen molar-refractivity contribution < 1.29 is 8.42 Å². The van der Waals surface area contributed by atoms with E-state index in [4.69, 9.17) is 11.6 Å². The third-order valence-corrected chi connectivity index (χ3v) is 5.67. The first-order valence-corrected chi connectivity index (χ1v) is 7.92. The van der Waals surface area contributed by atoms with Gasteiger partial charge in [0.25, 0.3) is 0 Å². The number of nitrogens with zero attached hydrogens (tertiary/aromatic N) is 3. The molecule has 1 aromatic rings. The van der Waals surface area contributed by atoms with E-state index in [1.807, 2.05) is 6.92 Å². The molecule has 1 unspecified atom stereocenters. The molecule has 1 fully saturated rings. The first-order valence-electron chi connectivity index (χ1n) is 6.04. The molecule has 0 radical (unpaired) electrons. The summed E-state index contributed by atoms with van der Waals surface area (Å²) in [5.41, 5.74) is 0. The molecule has 2 rings (SSSR count). The Morgan fingerprint density at radius 2 is 2.06 bits per heavy atom. The largest absolute Gasteiger partial charge is 0.274 e. The van der Waals surface area contributed by atoms with Gasteiger partial charge in [0.15, 0.2) is 0 Å². The van der Waals surface area contributed by atoms with Crippen molar-refractivity contribution in [2.45, 2.75) is 30.0 Å². The number of piperidine rings is 1. The topological polar surface area (TPSA) is 55.2 Å². The number of sulfonamides is 1. The standard InChI is InChI=1S/C11H18ClN3O2S/c1-9(12)10-3-5-15(6-4-10)18(16,17)11-7-13-14(2)8-11/h7-10H,3-6H2,1-2H3. The second-order valence-corrected chi connectivity index (χ2v) is 7.40. The zero-order valence-electron chi connectivity index (χ0n) is 10.6. The van der Waals surface area contributed by atoms with E-state index in [-0.39, 0.29) is 10.3 Å². The molecule has 0 N–H and O–H groups in total. The Kier molecular flexibility index (Phi) is 3.99. The fourth-order valence-electron chi connectivity index (χ4n) is 2.26. The summed E-state index contributed by atoms with van der Waals surface area (Å²) in [4.78, 5) is 0.266. The number of alkyl halides is 1. The smallest absolute Gasteiger partial charge is 0.246 e. The third kappa shape index (κ3) is 2.70. The average Bonchev–Trinajstić information content (AvgIpc) is 2.76. The molecule has 7 heteroatoms. The Hall–Kier alpha value is -0.590. The van der Waals surface area contributed by atoms with Gasteiger partial charge in [-0.05, 0) is 25.7 Å². The van der Waals surface area contributed by atoms with E-state index in [1.165, 1.54) is 21.4 Å². The van der Waals surface area contributed by atoms with Gasteiger partial charge < -0.3 is 0 Å². The maximum absolute atomic E-state index is 12.3. The van der Waals surface area contributed by atoms with Crippen molar-refractivity contribution in [1.29, 1.82) is 0 Å². The Labute approximate surface area is 113 Å². The van der Waals surface area contributed by atoms with Gasteiger partial charge in [-0.2, -0.15) is 9.40 Å². The number of rotatable bonds is 3. The van der Waals surface area contributed by atoms with E-state index >= 15 is 0 Å². The maximum atomic E-state index is 12.3. The molecule has 102 valence electrons. The first kappa shape index (κ1) is 13.8. The fraction of sp³-hybridized carbons (Fsp3) is 0.727. The molecule has 0 spiro atoms. The lowest BCUT2D eigenvalue weighted by Gasteiger charge is -2.31. The summed E-state index contributed by atoms with van der Waals surface area (Å²) in [6.45, 7) is 3.05. The predicted octanol–water partition coefficient (Wildman–Crippen LogP) is 1.45. The average molecular weight is 292 g/mol. The lowest BCUT2D eigenvalue weighted by Crippen LogP contribution is -2.39. The van der Waals surface area contributed by atoms with Crippen LogP contribution in [0.5, 0.6) is 0 Å².